The minimum Gasteiger partial charge on any atom is -0.0883 e. The highest BCUT2D eigenvalue weighted by Gasteiger charge is 2.20. The smallest absolute Gasteiger partial charge is 0.0883 e. The summed E-state index contributed by atoms with van der Waals surface area (Å²) in [7, 11) is 2.17. The molecule has 1 heteroatoms. The van der Waals surface area contributed by atoms with Crippen LogP contribution in [0.4, 0.5) is 0 Å². The Morgan fingerprint density at radius 1 is 0.360 bits per heavy atom. The van der Waals surface area contributed by atoms with E-state index in [-0.39, 0.29) is 0 Å². The summed E-state index contributed by atoms with van der Waals surface area (Å²) in [5.41, 5.74) is 11.7. The van der Waals surface area contributed by atoms with Crippen molar-refractivity contribution >= 4 is 13.3 Å². The Labute approximate surface area is 149 Å². The van der Waals surface area contributed by atoms with E-state index in [1.165, 1.54) is 50.0 Å². The number of benzene rings is 4. The van der Waals surface area contributed by atoms with Crippen LogP contribution in [-0.2, 0) is 0 Å². The minimum atomic E-state index is 1.29. The van der Waals surface area contributed by atoms with Gasteiger partial charge in [-0.1, -0.05) is 96.5 Å². The standard InChI is InChI=1S/C24H17B/c25-16-13-14-23-21-11-4-3-9-19(21)17-7-1-2-8-18(17)20-10-5-6-12-22(20)24(23)15-16/h1-15H,25H2. The van der Waals surface area contributed by atoms with E-state index in [2.05, 4.69) is 98.8 Å². The molecule has 116 valence electrons. The van der Waals surface area contributed by atoms with Gasteiger partial charge in [0, 0.05) is 0 Å². The molecule has 0 saturated carbocycles. The molecular formula is C24H17B. The molecule has 4 aromatic rings. The topological polar surface area (TPSA) is 0 Å². The van der Waals surface area contributed by atoms with Gasteiger partial charge in [0.25, 0.3) is 0 Å². The molecule has 0 aliphatic heterocycles. The number of hydrogen-bond donors (Lipinski definition) is 0. The van der Waals surface area contributed by atoms with E-state index in [4.69, 9.17) is 0 Å². The fourth-order valence-electron chi connectivity index (χ4n) is 3.97. The van der Waals surface area contributed by atoms with E-state index in [0.717, 1.165) is 0 Å². The Balaban J connectivity index is 2.01. The Morgan fingerprint density at radius 3 is 1.08 bits per heavy atom. The predicted molar refractivity (Wildman–Crippen MR) is 110 cm³/mol. The Bertz CT molecular complexity index is 1100. The molecule has 0 unspecified atom stereocenters. The van der Waals surface area contributed by atoms with Gasteiger partial charge < -0.3 is 0 Å². The number of fused-ring (bicyclic) bond motifs is 8. The summed E-state index contributed by atoms with van der Waals surface area (Å²) in [6.07, 6.45) is 0. The van der Waals surface area contributed by atoms with Crippen LogP contribution in [0.2, 0.25) is 0 Å². The molecular weight excluding hydrogens is 299 g/mol. The zero-order valence-electron chi connectivity index (χ0n) is 14.2. The molecule has 0 amide bonds. The average Bonchev–Trinajstić information content (AvgIpc) is 2.67. The van der Waals surface area contributed by atoms with E-state index in [1.54, 1.807) is 0 Å². The fraction of sp³-hybridized carbons (Fsp3) is 0. The first-order chi connectivity index (χ1) is 12.3. The van der Waals surface area contributed by atoms with Crippen molar-refractivity contribution in [2.24, 2.45) is 0 Å². The molecule has 0 spiro atoms. The van der Waals surface area contributed by atoms with E-state index >= 15 is 0 Å². The quantitative estimate of drug-likeness (QED) is 0.356. The number of rotatable bonds is 0. The van der Waals surface area contributed by atoms with Crippen molar-refractivity contribution in [3.05, 3.63) is 91.0 Å². The molecule has 1 aliphatic rings. The SMILES string of the molecule is Bc1ccc2c(c1)-c1ccccc1-c1ccccc1-c1ccccc1-2. The monoisotopic (exact) mass is 316 g/mol. The zero-order valence-corrected chi connectivity index (χ0v) is 14.2. The second-order valence-corrected chi connectivity index (χ2v) is 6.69. The third kappa shape index (κ3) is 2.16. The third-order valence-electron chi connectivity index (χ3n) is 5.12. The maximum Gasteiger partial charge on any atom is 0.139 e. The Hall–Kier alpha value is -3.06. The molecule has 0 fully saturated rings. The molecule has 1 aliphatic carbocycles. The van der Waals surface area contributed by atoms with Crippen molar-refractivity contribution in [1.82, 2.24) is 0 Å². The minimum absolute atomic E-state index is 1.29. The lowest BCUT2D eigenvalue weighted by Crippen LogP contribution is -2.04. The van der Waals surface area contributed by atoms with E-state index in [1.807, 2.05) is 0 Å². The first-order valence-corrected chi connectivity index (χ1v) is 8.72. The van der Waals surface area contributed by atoms with Gasteiger partial charge in [-0.3, -0.25) is 0 Å². The highest BCUT2D eigenvalue weighted by molar-refractivity contribution is 6.33. The molecule has 0 radical (unpaired) electrons. The van der Waals surface area contributed by atoms with Gasteiger partial charge in [-0.15, -0.1) is 0 Å². The molecule has 0 nitrogen and oxygen atoms in total. The second kappa shape index (κ2) is 5.49. The van der Waals surface area contributed by atoms with Crippen LogP contribution in [0.15, 0.2) is 91.0 Å². The lowest BCUT2D eigenvalue weighted by atomic mass is 9.79. The van der Waals surface area contributed by atoms with Crippen molar-refractivity contribution in [3.63, 3.8) is 0 Å². The molecule has 0 heterocycles. The van der Waals surface area contributed by atoms with Crippen molar-refractivity contribution in [2.75, 3.05) is 0 Å². The summed E-state index contributed by atoms with van der Waals surface area (Å²) >= 11 is 0. The Morgan fingerprint density at radius 2 is 0.680 bits per heavy atom. The molecule has 4 aromatic carbocycles. The highest BCUT2D eigenvalue weighted by atomic mass is 14.2. The highest BCUT2D eigenvalue weighted by Crippen LogP contribution is 2.46. The first kappa shape index (κ1) is 14.3. The van der Waals surface area contributed by atoms with Crippen LogP contribution >= 0.6 is 0 Å². The second-order valence-electron chi connectivity index (χ2n) is 6.69. The lowest BCUT2D eigenvalue weighted by molar-refractivity contribution is 1.53. The molecule has 0 saturated heterocycles. The average molecular weight is 316 g/mol. The van der Waals surface area contributed by atoms with Crippen LogP contribution in [0.25, 0.3) is 44.5 Å². The van der Waals surface area contributed by atoms with Gasteiger partial charge in [0.05, 0.1) is 0 Å². The predicted octanol–water partition coefficient (Wildman–Crippen LogP) is 4.93. The van der Waals surface area contributed by atoms with Crippen LogP contribution < -0.4 is 5.46 Å². The van der Waals surface area contributed by atoms with Gasteiger partial charge in [0.2, 0.25) is 0 Å². The third-order valence-corrected chi connectivity index (χ3v) is 5.12. The van der Waals surface area contributed by atoms with Gasteiger partial charge in [0.15, 0.2) is 0 Å². The largest absolute Gasteiger partial charge is 0.139 e. The summed E-state index contributed by atoms with van der Waals surface area (Å²) < 4.78 is 0. The molecule has 0 N–H and O–H groups in total. The van der Waals surface area contributed by atoms with Crippen LogP contribution in [0.3, 0.4) is 0 Å². The van der Waals surface area contributed by atoms with Crippen LogP contribution in [0, 0.1) is 0 Å². The van der Waals surface area contributed by atoms with Gasteiger partial charge in [-0.05, 0) is 44.5 Å². The number of hydrogen-bond acceptors (Lipinski definition) is 0. The van der Waals surface area contributed by atoms with Gasteiger partial charge in [-0.2, -0.15) is 0 Å². The zero-order chi connectivity index (χ0) is 16.8. The van der Waals surface area contributed by atoms with Crippen molar-refractivity contribution in [3.8, 4) is 44.5 Å². The molecule has 0 bridgehead atoms. The fourth-order valence-corrected chi connectivity index (χ4v) is 3.97. The molecule has 0 atom stereocenters. The van der Waals surface area contributed by atoms with E-state index in [9.17, 15) is 0 Å². The summed E-state index contributed by atoms with van der Waals surface area (Å²) in [5, 5.41) is 0. The van der Waals surface area contributed by atoms with E-state index < -0.39 is 0 Å². The maximum absolute atomic E-state index is 2.32. The van der Waals surface area contributed by atoms with Crippen LogP contribution in [0.5, 0.6) is 0 Å². The molecule has 5 rings (SSSR count). The Kier molecular flexibility index (Phi) is 3.14. The summed E-state index contributed by atoms with van der Waals surface area (Å²) in [6, 6.07) is 33.1. The summed E-state index contributed by atoms with van der Waals surface area (Å²) in [6.45, 7) is 0. The van der Waals surface area contributed by atoms with Crippen molar-refractivity contribution in [2.45, 2.75) is 0 Å². The van der Waals surface area contributed by atoms with Crippen molar-refractivity contribution in [1.29, 1.82) is 0 Å². The van der Waals surface area contributed by atoms with Crippen LogP contribution in [0.1, 0.15) is 0 Å². The summed E-state index contributed by atoms with van der Waals surface area (Å²) in [4.78, 5) is 0. The lowest BCUT2D eigenvalue weighted by Gasteiger charge is -2.23. The summed E-state index contributed by atoms with van der Waals surface area (Å²) in [5.74, 6) is 0. The maximum atomic E-state index is 2.32. The normalized spacial score (nSPS) is 11.4. The van der Waals surface area contributed by atoms with E-state index in [0.29, 0.717) is 0 Å². The first-order valence-electron chi connectivity index (χ1n) is 8.72. The molecule has 25 heavy (non-hydrogen) atoms. The van der Waals surface area contributed by atoms with Crippen molar-refractivity contribution < 1.29 is 0 Å². The van der Waals surface area contributed by atoms with Gasteiger partial charge in [0.1, 0.15) is 7.85 Å². The van der Waals surface area contributed by atoms with Gasteiger partial charge >= 0.3 is 0 Å². The van der Waals surface area contributed by atoms with Crippen LogP contribution in [-0.4, -0.2) is 7.85 Å². The van der Waals surface area contributed by atoms with Gasteiger partial charge in [-0.25, -0.2) is 0 Å². The molecule has 0 aromatic heterocycles.